The fourth-order valence-corrected chi connectivity index (χ4v) is 2.74. The zero-order valence-corrected chi connectivity index (χ0v) is 13.3. The molecule has 2 aromatic rings. The van der Waals surface area contributed by atoms with Gasteiger partial charge in [0.1, 0.15) is 5.75 Å². The van der Waals surface area contributed by atoms with Crippen molar-refractivity contribution in [1.82, 2.24) is 9.91 Å². The Hall–Kier alpha value is -2.07. The molecule has 1 fully saturated rings. The van der Waals surface area contributed by atoms with Crippen molar-refractivity contribution in [2.45, 2.75) is 6.92 Å². The van der Waals surface area contributed by atoms with Crippen LogP contribution in [0.2, 0.25) is 0 Å². The molecule has 0 aromatic heterocycles. The number of nitrogens with zero attached hydrogens (tertiary/aromatic N) is 3. The first-order valence-corrected chi connectivity index (χ1v) is 7.90. The third kappa shape index (κ3) is 3.22. The molecule has 1 saturated heterocycles. The van der Waals surface area contributed by atoms with Crippen molar-refractivity contribution in [1.29, 1.82) is 0 Å². The van der Waals surface area contributed by atoms with Crippen molar-refractivity contribution in [3.05, 3.63) is 42.0 Å². The van der Waals surface area contributed by atoms with E-state index < -0.39 is 0 Å². The first-order chi connectivity index (χ1) is 10.8. The van der Waals surface area contributed by atoms with Crippen LogP contribution in [-0.4, -0.2) is 56.0 Å². The summed E-state index contributed by atoms with van der Waals surface area (Å²) in [6, 6.07) is 12.5. The van der Waals surface area contributed by atoms with Gasteiger partial charge in [-0.15, -0.1) is 0 Å². The summed E-state index contributed by atoms with van der Waals surface area (Å²) in [4.78, 5) is 2.33. The number of hydrazone groups is 1. The highest BCUT2D eigenvalue weighted by molar-refractivity contribution is 6.02. The van der Waals surface area contributed by atoms with Crippen LogP contribution in [0.15, 0.2) is 41.5 Å². The summed E-state index contributed by atoms with van der Waals surface area (Å²) < 4.78 is 5.78. The molecule has 0 N–H and O–H groups in total. The van der Waals surface area contributed by atoms with E-state index in [0.717, 1.165) is 37.5 Å². The van der Waals surface area contributed by atoms with Gasteiger partial charge in [0.25, 0.3) is 0 Å². The zero-order valence-electron chi connectivity index (χ0n) is 13.3. The molecule has 3 rings (SSSR count). The highest BCUT2D eigenvalue weighted by Crippen LogP contribution is 2.26. The van der Waals surface area contributed by atoms with E-state index in [-0.39, 0.29) is 0 Å². The summed E-state index contributed by atoms with van der Waals surface area (Å²) in [7, 11) is 2.15. The van der Waals surface area contributed by atoms with Crippen LogP contribution >= 0.6 is 0 Å². The van der Waals surface area contributed by atoms with Gasteiger partial charge >= 0.3 is 0 Å². The normalized spacial score (nSPS) is 16.5. The van der Waals surface area contributed by atoms with Gasteiger partial charge in [-0.3, -0.25) is 5.01 Å². The average Bonchev–Trinajstić information content (AvgIpc) is 2.55. The number of ether oxygens (including phenoxy) is 1. The minimum Gasteiger partial charge on any atom is -0.493 e. The van der Waals surface area contributed by atoms with Gasteiger partial charge in [-0.1, -0.05) is 30.3 Å². The lowest BCUT2D eigenvalue weighted by molar-refractivity contribution is 0.159. The smallest absolute Gasteiger partial charge is 0.128 e. The lowest BCUT2D eigenvalue weighted by Crippen LogP contribution is -2.41. The van der Waals surface area contributed by atoms with Crippen LogP contribution in [0, 0.1) is 0 Å². The van der Waals surface area contributed by atoms with Crippen LogP contribution in [0.1, 0.15) is 12.5 Å². The Balaban J connectivity index is 1.91. The molecule has 4 heteroatoms. The fourth-order valence-electron chi connectivity index (χ4n) is 2.74. The fraction of sp³-hybridized carbons (Fsp3) is 0.389. The number of likely N-dealkylation sites (N-methyl/N-ethyl adjacent to an activating group) is 1. The van der Waals surface area contributed by atoms with Crippen molar-refractivity contribution in [2.24, 2.45) is 5.10 Å². The molecule has 0 unspecified atom stereocenters. The van der Waals surface area contributed by atoms with Crippen molar-refractivity contribution in [3.63, 3.8) is 0 Å². The third-order valence-electron chi connectivity index (χ3n) is 4.06. The number of fused-ring (bicyclic) bond motifs is 1. The number of benzene rings is 2. The Labute approximate surface area is 132 Å². The molecule has 0 aliphatic carbocycles. The summed E-state index contributed by atoms with van der Waals surface area (Å²) in [5.41, 5.74) is 1.07. The van der Waals surface area contributed by atoms with E-state index in [1.54, 1.807) is 0 Å². The molecule has 22 heavy (non-hydrogen) atoms. The Kier molecular flexibility index (Phi) is 4.59. The Morgan fingerprint density at radius 1 is 1.09 bits per heavy atom. The predicted octanol–water partition coefficient (Wildman–Crippen LogP) is 2.82. The first-order valence-electron chi connectivity index (χ1n) is 7.90. The van der Waals surface area contributed by atoms with Crippen molar-refractivity contribution >= 4 is 17.0 Å². The number of hydrogen-bond acceptors (Lipinski definition) is 4. The summed E-state index contributed by atoms with van der Waals surface area (Å²) in [6.07, 6.45) is 1.96. The molecule has 2 aromatic carbocycles. The number of hydrogen-bond donors (Lipinski definition) is 0. The summed E-state index contributed by atoms with van der Waals surface area (Å²) in [5.74, 6) is 0.902. The molecular weight excluding hydrogens is 274 g/mol. The van der Waals surface area contributed by atoms with Crippen LogP contribution in [-0.2, 0) is 0 Å². The van der Waals surface area contributed by atoms with Gasteiger partial charge in [-0.2, -0.15) is 5.10 Å². The SMILES string of the molecule is CCOc1ccc2ccccc2c1/C=N\N1CCN(C)CC1. The maximum Gasteiger partial charge on any atom is 0.128 e. The molecular formula is C18H23N3O. The predicted molar refractivity (Wildman–Crippen MR) is 91.8 cm³/mol. The Morgan fingerprint density at radius 3 is 2.64 bits per heavy atom. The minimum atomic E-state index is 0.660. The lowest BCUT2D eigenvalue weighted by atomic mass is 10.0. The quantitative estimate of drug-likeness (QED) is 0.812. The first kappa shape index (κ1) is 14.9. The van der Waals surface area contributed by atoms with Crippen molar-refractivity contribution < 1.29 is 4.74 Å². The maximum absolute atomic E-state index is 5.78. The molecule has 0 saturated carbocycles. The maximum atomic E-state index is 5.78. The van der Waals surface area contributed by atoms with Crippen LogP contribution in [0.3, 0.4) is 0 Å². The van der Waals surface area contributed by atoms with Crippen LogP contribution in [0.5, 0.6) is 5.75 Å². The molecule has 1 aliphatic heterocycles. The molecule has 0 amide bonds. The molecule has 4 nitrogen and oxygen atoms in total. The van der Waals surface area contributed by atoms with Crippen LogP contribution < -0.4 is 4.74 Å². The van der Waals surface area contributed by atoms with E-state index in [0.29, 0.717) is 6.61 Å². The standard InChI is InChI=1S/C18H23N3O/c1-3-22-18-9-8-15-6-4-5-7-16(15)17(18)14-19-21-12-10-20(2)11-13-21/h4-9,14H,3,10-13H2,1-2H3/b19-14-. The van der Waals surface area contributed by atoms with Gasteiger partial charge in [0.15, 0.2) is 0 Å². The largest absolute Gasteiger partial charge is 0.493 e. The third-order valence-corrected chi connectivity index (χ3v) is 4.06. The van der Waals surface area contributed by atoms with Crippen molar-refractivity contribution in [2.75, 3.05) is 39.8 Å². The molecule has 1 heterocycles. The number of rotatable bonds is 4. The van der Waals surface area contributed by atoms with Gasteiger partial charge in [-0.25, -0.2) is 0 Å². The molecule has 0 spiro atoms. The van der Waals surface area contributed by atoms with E-state index in [1.165, 1.54) is 10.8 Å². The van der Waals surface area contributed by atoms with E-state index in [1.807, 2.05) is 19.2 Å². The highest BCUT2D eigenvalue weighted by atomic mass is 16.5. The summed E-state index contributed by atoms with van der Waals surface area (Å²) in [5, 5.41) is 9.22. The van der Waals surface area contributed by atoms with Crippen LogP contribution in [0.25, 0.3) is 10.8 Å². The van der Waals surface area contributed by atoms with E-state index in [2.05, 4.69) is 52.4 Å². The second-order valence-corrected chi connectivity index (χ2v) is 5.63. The van der Waals surface area contributed by atoms with Gasteiger partial charge in [-0.05, 0) is 30.8 Å². The summed E-state index contributed by atoms with van der Waals surface area (Å²) >= 11 is 0. The van der Waals surface area contributed by atoms with Crippen LogP contribution in [0.4, 0.5) is 0 Å². The minimum absolute atomic E-state index is 0.660. The van der Waals surface area contributed by atoms with Gasteiger partial charge < -0.3 is 9.64 Å². The van der Waals surface area contributed by atoms with Gasteiger partial charge in [0.2, 0.25) is 0 Å². The van der Waals surface area contributed by atoms with E-state index >= 15 is 0 Å². The van der Waals surface area contributed by atoms with Gasteiger partial charge in [0, 0.05) is 31.7 Å². The molecule has 116 valence electrons. The number of piperazine rings is 1. The Bertz CT molecular complexity index is 660. The second kappa shape index (κ2) is 6.79. The molecule has 1 aliphatic rings. The lowest BCUT2D eigenvalue weighted by Gasteiger charge is -2.30. The average molecular weight is 297 g/mol. The van der Waals surface area contributed by atoms with Crippen molar-refractivity contribution in [3.8, 4) is 5.75 Å². The zero-order chi connectivity index (χ0) is 15.4. The molecule has 0 radical (unpaired) electrons. The van der Waals surface area contributed by atoms with E-state index in [9.17, 15) is 0 Å². The monoisotopic (exact) mass is 297 g/mol. The second-order valence-electron chi connectivity index (χ2n) is 5.63. The summed E-state index contributed by atoms with van der Waals surface area (Å²) in [6.45, 7) is 6.74. The molecule has 0 atom stereocenters. The van der Waals surface area contributed by atoms with E-state index in [4.69, 9.17) is 4.74 Å². The Morgan fingerprint density at radius 2 is 1.86 bits per heavy atom. The highest BCUT2D eigenvalue weighted by Gasteiger charge is 2.12. The topological polar surface area (TPSA) is 28.1 Å². The van der Waals surface area contributed by atoms with Gasteiger partial charge in [0.05, 0.1) is 12.8 Å². The molecule has 0 bridgehead atoms.